The van der Waals surface area contributed by atoms with Gasteiger partial charge in [-0.05, 0) is 40.9 Å². The van der Waals surface area contributed by atoms with Crippen LogP contribution in [0.2, 0.25) is 0 Å². The van der Waals surface area contributed by atoms with E-state index < -0.39 is 0 Å². The Morgan fingerprint density at radius 1 is 1.35 bits per heavy atom. The van der Waals surface area contributed by atoms with E-state index in [0.717, 1.165) is 27.8 Å². The highest BCUT2D eigenvalue weighted by molar-refractivity contribution is 9.10. The van der Waals surface area contributed by atoms with Crippen LogP contribution in [0, 0.1) is 0 Å². The first-order chi connectivity index (χ1) is 8.36. The van der Waals surface area contributed by atoms with Crippen LogP contribution >= 0.6 is 27.7 Å². The van der Waals surface area contributed by atoms with Crippen molar-refractivity contribution >= 4 is 27.7 Å². The lowest BCUT2D eigenvalue weighted by Crippen LogP contribution is -2.32. The van der Waals surface area contributed by atoms with Crippen molar-refractivity contribution in [3.8, 4) is 0 Å². The minimum Gasteiger partial charge on any atom is -0.313 e. The van der Waals surface area contributed by atoms with Crippen molar-refractivity contribution in [2.75, 3.05) is 12.3 Å². The molecular formula is C13H19BrN2S. The van der Waals surface area contributed by atoms with Crippen LogP contribution in [-0.4, -0.2) is 23.3 Å². The van der Waals surface area contributed by atoms with Gasteiger partial charge in [0, 0.05) is 29.0 Å². The van der Waals surface area contributed by atoms with Crippen LogP contribution < -0.4 is 5.32 Å². The zero-order chi connectivity index (χ0) is 11.9. The molecule has 1 heterocycles. The molecule has 1 aromatic rings. The van der Waals surface area contributed by atoms with E-state index in [0.29, 0.717) is 0 Å². The molecule has 17 heavy (non-hydrogen) atoms. The summed E-state index contributed by atoms with van der Waals surface area (Å²) in [6.45, 7) is 1.08. The van der Waals surface area contributed by atoms with Crippen LogP contribution in [-0.2, 0) is 0 Å². The molecule has 1 N–H and O–H groups in total. The number of halogens is 1. The largest absolute Gasteiger partial charge is 0.313 e. The molecule has 2 nitrogen and oxygen atoms in total. The molecular weight excluding hydrogens is 296 g/mol. The van der Waals surface area contributed by atoms with E-state index in [-0.39, 0.29) is 0 Å². The summed E-state index contributed by atoms with van der Waals surface area (Å²) in [6, 6.07) is 4.76. The molecule has 0 aliphatic heterocycles. The van der Waals surface area contributed by atoms with Gasteiger partial charge < -0.3 is 5.32 Å². The third kappa shape index (κ3) is 4.60. The first kappa shape index (κ1) is 13.4. The third-order valence-electron chi connectivity index (χ3n) is 3.10. The molecule has 0 saturated heterocycles. The van der Waals surface area contributed by atoms with Crippen molar-refractivity contribution in [2.45, 2.75) is 43.2 Å². The molecule has 2 rings (SSSR count). The maximum atomic E-state index is 4.35. The highest BCUT2D eigenvalue weighted by Crippen LogP contribution is 2.24. The monoisotopic (exact) mass is 314 g/mol. The molecule has 1 aliphatic carbocycles. The van der Waals surface area contributed by atoms with Gasteiger partial charge >= 0.3 is 0 Å². The summed E-state index contributed by atoms with van der Waals surface area (Å²) in [4.78, 5) is 4.35. The molecule has 94 valence electrons. The van der Waals surface area contributed by atoms with Gasteiger partial charge in [-0.25, -0.2) is 4.98 Å². The van der Waals surface area contributed by atoms with Crippen LogP contribution in [0.4, 0.5) is 0 Å². The fourth-order valence-electron chi connectivity index (χ4n) is 2.19. The quantitative estimate of drug-likeness (QED) is 0.660. The standard InChI is InChI=1S/C13H19BrN2S/c14-12-7-4-8-16-13(12)17-10-9-15-11-5-2-1-3-6-11/h4,7-8,11,15H,1-3,5-6,9-10H2. The normalized spacial score (nSPS) is 17.2. The van der Waals surface area contributed by atoms with Gasteiger partial charge in [0.25, 0.3) is 0 Å². The van der Waals surface area contributed by atoms with Crippen molar-refractivity contribution in [1.29, 1.82) is 0 Å². The van der Waals surface area contributed by atoms with E-state index in [1.54, 1.807) is 0 Å². The zero-order valence-electron chi connectivity index (χ0n) is 9.99. The lowest BCUT2D eigenvalue weighted by Gasteiger charge is -2.22. The summed E-state index contributed by atoms with van der Waals surface area (Å²) in [5, 5.41) is 4.74. The number of pyridine rings is 1. The Bertz CT molecular complexity index is 340. The number of aromatic nitrogens is 1. The fourth-order valence-corrected chi connectivity index (χ4v) is 3.55. The molecule has 0 aromatic carbocycles. The second kappa shape index (κ2) is 7.39. The van der Waals surface area contributed by atoms with Gasteiger partial charge in [-0.1, -0.05) is 19.3 Å². The van der Waals surface area contributed by atoms with Crippen molar-refractivity contribution in [1.82, 2.24) is 10.3 Å². The summed E-state index contributed by atoms with van der Waals surface area (Å²) >= 11 is 5.34. The Morgan fingerprint density at radius 3 is 2.94 bits per heavy atom. The van der Waals surface area contributed by atoms with Crippen molar-refractivity contribution in [3.63, 3.8) is 0 Å². The molecule has 0 radical (unpaired) electrons. The zero-order valence-corrected chi connectivity index (χ0v) is 12.4. The predicted molar refractivity (Wildman–Crippen MR) is 77.5 cm³/mol. The van der Waals surface area contributed by atoms with Gasteiger partial charge in [0.2, 0.25) is 0 Å². The van der Waals surface area contributed by atoms with Crippen molar-refractivity contribution < 1.29 is 0 Å². The van der Waals surface area contributed by atoms with Crippen LogP contribution in [0.1, 0.15) is 32.1 Å². The minimum absolute atomic E-state index is 0.761. The highest BCUT2D eigenvalue weighted by atomic mass is 79.9. The molecule has 1 fully saturated rings. The van der Waals surface area contributed by atoms with E-state index in [1.165, 1.54) is 32.1 Å². The summed E-state index contributed by atoms with van der Waals surface area (Å²) in [5.41, 5.74) is 0. The summed E-state index contributed by atoms with van der Waals surface area (Å²) < 4.78 is 1.10. The van der Waals surface area contributed by atoms with Crippen LogP contribution in [0.5, 0.6) is 0 Å². The molecule has 4 heteroatoms. The Hall–Kier alpha value is -0.0600. The number of hydrogen-bond acceptors (Lipinski definition) is 3. The lowest BCUT2D eigenvalue weighted by molar-refractivity contribution is 0.381. The number of rotatable bonds is 5. The first-order valence-corrected chi connectivity index (χ1v) is 8.11. The van der Waals surface area contributed by atoms with Gasteiger partial charge in [-0.15, -0.1) is 11.8 Å². The first-order valence-electron chi connectivity index (χ1n) is 6.33. The second-order valence-electron chi connectivity index (χ2n) is 4.43. The summed E-state index contributed by atoms with van der Waals surface area (Å²) in [7, 11) is 0. The average molecular weight is 315 g/mol. The van der Waals surface area contributed by atoms with Gasteiger partial charge in [-0.2, -0.15) is 0 Å². The second-order valence-corrected chi connectivity index (χ2v) is 6.37. The average Bonchev–Trinajstić information content (AvgIpc) is 2.38. The molecule has 0 unspecified atom stereocenters. The Balaban J connectivity index is 1.64. The van der Waals surface area contributed by atoms with Gasteiger partial charge in [-0.3, -0.25) is 0 Å². The third-order valence-corrected chi connectivity index (χ3v) is 5.01. The molecule has 1 aromatic heterocycles. The van der Waals surface area contributed by atoms with Crippen LogP contribution in [0.15, 0.2) is 27.8 Å². The minimum atomic E-state index is 0.761. The number of nitrogens with one attached hydrogen (secondary N) is 1. The molecule has 0 atom stereocenters. The maximum absolute atomic E-state index is 4.35. The van der Waals surface area contributed by atoms with Gasteiger partial charge in [0.1, 0.15) is 5.03 Å². The fraction of sp³-hybridized carbons (Fsp3) is 0.615. The summed E-state index contributed by atoms with van der Waals surface area (Å²) in [6.07, 6.45) is 8.79. The van der Waals surface area contributed by atoms with E-state index in [4.69, 9.17) is 0 Å². The molecule has 1 aliphatic rings. The van der Waals surface area contributed by atoms with E-state index >= 15 is 0 Å². The predicted octanol–water partition coefficient (Wildman–Crippen LogP) is 3.86. The Kier molecular flexibility index (Phi) is 5.81. The number of thioether (sulfide) groups is 1. The molecule has 1 saturated carbocycles. The molecule has 0 spiro atoms. The highest BCUT2D eigenvalue weighted by Gasteiger charge is 2.11. The van der Waals surface area contributed by atoms with E-state index in [1.807, 2.05) is 30.1 Å². The smallest absolute Gasteiger partial charge is 0.110 e. The van der Waals surface area contributed by atoms with Gasteiger partial charge in [0.05, 0.1) is 0 Å². The van der Waals surface area contributed by atoms with Crippen molar-refractivity contribution in [3.05, 3.63) is 22.8 Å². The SMILES string of the molecule is Brc1cccnc1SCCNC1CCCCC1. The summed E-state index contributed by atoms with van der Waals surface area (Å²) in [5.74, 6) is 1.09. The lowest BCUT2D eigenvalue weighted by atomic mass is 9.96. The Morgan fingerprint density at radius 2 is 2.18 bits per heavy atom. The van der Waals surface area contributed by atoms with Crippen molar-refractivity contribution in [2.24, 2.45) is 0 Å². The Labute approximate surface area is 116 Å². The van der Waals surface area contributed by atoms with E-state index in [9.17, 15) is 0 Å². The molecule has 0 amide bonds. The van der Waals surface area contributed by atoms with Crippen LogP contribution in [0.3, 0.4) is 0 Å². The van der Waals surface area contributed by atoms with Gasteiger partial charge in [0.15, 0.2) is 0 Å². The maximum Gasteiger partial charge on any atom is 0.110 e. The molecule has 0 bridgehead atoms. The number of hydrogen-bond donors (Lipinski definition) is 1. The van der Waals surface area contributed by atoms with E-state index in [2.05, 4.69) is 26.2 Å². The number of nitrogens with zero attached hydrogens (tertiary/aromatic N) is 1. The topological polar surface area (TPSA) is 24.9 Å². The van der Waals surface area contributed by atoms with Crippen LogP contribution in [0.25, 0.3) is 0 Å².